The van der Waals surface area contributed by atoms with E-state index in [1.165, 1.54) is 26.4 Å². The molecule has 0 unspecified atom stereocenters. The van der Waals surface area contributed by atoms with Gasteiger partial charge in [-0.1, -0.05) is 60.7 Å². The first-order valence-electron chi connectivity index (χ1n) is 18.1. The number of carboxylic acids is 1. The number of fused-ring (bicyclic) bond motifs is 2. The lowest BCUT2D eigenvalue weighted by Crippen LogP contribution is -2.33. The topological polar surface area (TPSA) is 267 Å². The number of methoxy groups -OCH3 is 2. The molecule has 2 heterocycles. The van der Waals surface area contributed by atoms with Gasteiger partial charge in [0.2, 0.25) is 0 Å². The Morgan fingerprint density at radius 2 is 1.03 bits per heavy atom. The fourth-order valence-electron chi connectivity index (χ4n) is 5.22. The van der Waals surface area contributed by atoms with Gasteiger partial charge in [0.25, 0.3) is 11.4 Å². The summed E-state index contributed by atoms with van der Waals surface area (Å²) in [4.78, 5) is 41.6. The molecule has 322 valence electrons. The number of phenolic OH excluding ortho intramolecular Hbond substituents is 3. The van der Waals surface area contributed by atoms with E-state index in [1.54, 1.807) is 66.7 Å². The number of nitrogens with two attached hydrogens (primary N) is 2. The molecule has 7 rings (SSSR count). The molecule has 7 aromatic rings. The molecule has 16 nitrogen and oxygen atoms in total. The maximum Gasteiger partial charge on any atom is 0.328 e. The molecule has 2 aromatic heterocycles. The van der Waals surface area contributed by atoms with Crippen LogP contribution in [0.15, 0.2) is 130 Å². The second kappa shape index (κ2) is 24.3. The van der Waals surface area contributed by atoms with Crippen LogP contribution in [-0.2, 0) is 43.1 Å². The fraction of sp³-hybridized carbons (Fsp3) is 0.186. The van der Waals surface area contributed by atoms with Crippen LogP contribution in [0.4, 0.5) is 6.01 Å². The Bertz CT molecular complexity index is 2360. The van der Waals surface area contributed by atoms with E-state index in [4.69, 9.17) is 52.0 Å². The lowest BCUT2D eigenvalue weighted by Gasteiger charge is -2.15. The van der Waals surface area contributed by atoms with Crippen molar-refractivity contribution in [2.24, 2.45) is 11.5 Å². The summed E-state index contributed by atoms with van der Waals surface area (Å²) in [5, 5.41) is 39.0. The number of anilines is 1. The van der Waals surface area contributed by atoms with Crippen LogP contribution in [0.2, 0.25) is 5.35 Å². The Labute approximate surface area is 361 Å². The van der Waals surface area contributed by atoms with Crippen molar-refractivity contribution in [2.45, 2.75) is 37.4 Å². The van der Waals surface area contributed by atoms with Crippen LogP contribution >= 0.6 is 24.0 Å². The number of carboxylic acid groups (broad SMARTS) is 1. The minimum absolute atomic E-state index is 0. The van der Waals surface area contributed by atoms with E-state index in [2.05, 4.69) is 20.0 Å². The minimum Gasteiger partial charge on any atom is -0.508 e. The summed E-state index contributed by atoms with van der Waals surface area (Å²) in [5.41, 5.74) is 16.3. The SMILES string of the molecule is COC(=O)[C@@H](N)Cc1ccc(O)cc1.COC(=O)[C@H](Cc1ccc(O)cc1)Nc1nc2ccccc2o1.Cl.Clc1nc2ccccc2o1.N[C@@H](Cc1ccc(O)cc1)C(=O)O. The first kappa shape index (κ1) is 48.5. The summed E-state index contributed by atoms with van der Waals surface area (Å²) in [6.07, 6.45) is 1.06. The van der Waals surface area contributed by atoms with Crippen molar-refractivity contribution >= 4 is 70.1 Å². The highest BCUT2D eigenvalue weighted by molar-refractivity contribution is 6.28. The van der Waals surface area contributed by atoms with Crippen molar-refractivity contribution in [1.82, 2.24) is 9.97 Å². The third kappa shape index (κ3) is 16.0. The summed E-state index contributed by atoms with van der Waals surface area (Å²) >= 11 is 5.51. The summed E-state index contributed by atoms with van der Waals surface area (Å²) in [7, 11) is 2.64. The molecule has 5 aromatic carbocycles. The Balaban J connectivity index is 0.000000227. The highest BCUT2D eigenvalue weighted by Gasteiger charge is 2.22. The van der Waals surface area contributed by atoms with Crippen molar-refractivity contribution in [3.8, 4) is 17.2 Å². The molecule has 0 aliphatic heterocycles. The Morgan fingerprint density at radius 1 is 0.623 bits per heavy atom. The molecule has 0 spiro atoms. The summed E-state index contributed by atoms with van der Waals surface area (Å²) in [6.45, 7) is 0. The molecule has 0 saturated carbocycles. The zero-order chi connectivity index (χ0) is 43.6. The average Bonchev–Trinajstić information content (AvgIpc) is 3.85. The number of nitrogens with one attached hydrogen (secondary N) is 1. The Morgan fingerprint density at radius 3 is 1.46 bits per heavy atom. The number of hydrogen-bond donors (Lipinski definition) is 7. The van der Waals surface area contributed by atoms with Gasteiger partial charge in [-0.15, -0.1) is 12.4 Å². The third-order valence-electron chi connectivity index (χ3n) is 8.33. The second-order valence-electron chi connectivity index (χ2n) is 12.8. The summed E-state index contributed by atoms with van der Waals surface area (Å²) in [5.74, 6) is -1.34. The van der Waals surface area contributed by atoms with Crippen LogP contribution in [0.1, 0.15) is 16.7 Å². The predicted molar refractivity (Wildman–Crippen MR) is 231 cm³/mol. The lowest BCUT2D eigenvalue weighted by atomic mass is 10.1. The van der Waals surface area contributed by atoms with Crippen molar-refractivity contribution in [2.75, 3.05) is 19.5 Å². The Kier molecular flexibility index (Phi) is 19.3. The van der Waals surface area contributed by atoms with Crippen molar-refractivity contribution in [3.05, 3.63) is 143 Å². The summed E-state index contributed by atoms with van der Waals surface area (Å²) < 4.78 is 19.9. The molecular formula is C43H45Cl2N5O11. The van der Waals surface area contributed by atoms with E-state index < -0.39 is 36.0 Å². The van der Waals surface area contributed by atoms with Gasteiger partial charge >= 0.3 is 17.9 Å². The second-order valence-corrected chi connectivity index (χ2v) is 13.2. The van der Waals surface area contributed by atoms with E-state index in [9.17, 15) is 19.5 Å². The van der Waals surface area contributed by atoms with Gasteiger partial charge in [-0.3, -0.25) is 9.59 Å². The van der Waals surface area contributed by atoms with E-state index in [-0.39, 0.29) is 47.4 Å². The van der Waals surface area contributed by atoms with Gasteiger partial charge in [-0.05, 0) is 102 Å². The average molecular weight is 879 g/mol. The number of ether oxygens (including phenoxy) is 2. The number of aliphatic carboxylic acids is 1. The number of aromatic nitrogens is 2. The molecule has 18 heteroatoms. The van der Waals surface area contributed by atoms with Crippen LogP contribution in [-0.4, -0.2) is 80.6 Å². The van der Waals surface area contributed by atoms with E-state index in [0.717, 1.165) is 27.8 Å². The fourth-order valence-corrected chi connectivity index (χ4v) is 5.40. The number of rotatable bonds is 11. The number of carbonyl (C=O) groups is 3. The van der Waals surface area contributed by atoms with Crippen LogP contribution in [0, 0.1) is 0 Å². The number of esters is 2. The quantitative estimate of drug-likeness (QED) is 0.0692. The zero-order valence-electron chi connectivity index (χ0n) is 32.9. The minimum atomic E-state index is -1.02. The van der Waals surface area contributed by atoms with E-state index >= 15 is 0 Å². The van der Waals surface area contributed by atoms with Gasteiger partial charge in [0.1, 0.15) is 46.4 Å². The van der Waals surface area contributed by atoms with Crippen molar-refractivity contribution < 1.29 is 53.1 Å². The van der Waals surface area contributed by atoms with Gasteiger partial charge in [-0.25, -0.2) is 4.79 Å². The van der Waals surface area contributed by atoms with Crippen LogP contribution in [0.3, 0.4) is 0 Å². The number of phenols is 3. The molecule has 61 heavy (non-hydrogen) atoms. The molecule has 0 aliphatic carbocycles. The number of aromatic hydroxyl groups is 3. The van der Waals surface area contributed by atoms with Crippen LogP contribution in [0.5, 0.6) is 17.2 Å². The van der Waals surface area contributed by atoms with Crippen molar-refractivity contribution in [3.63, 3.8) is 0 Å². The molecular weight excluding hydrogens is 833 g/mol. The molecule has 3 atom stereocenters. The Hall–Kier alpha value is -6.85. The number of carbonyl (C=O) groups excluding carboxylic acids is 2. The number of nitrogens with zero attached hydrogens (tertiary/aromatic N) is 2. The first-order valence-corrected chi connectivity index (χ1v) is 18.5. The highest BCUT2D eigenvalue weighted by atomic mass is 35.5. The molecule has 0 bridgehead atoms. The molecule has 0 aliphatic rings. The standard InChI is InChI=1S/C17H16N2O4.C10H13NO3.C9H11NO3.C7H4ClNO.ClH/c1-22-16(21)14(10-11-6-8-12(20)9-7-11)19-17-18-13-4-2-3-5-15(13)23-17;1-14-10(13)9(11)6-7-2-4-8(12)5-3-7;10-8(9(12)13)5-6-1-3-7(11)4-2-6;8-7-9-5-3-1-2-4-6(5)10-7;/h2-9,14,20H,10H2,1H3,(H,18,19);2-5,9,12H,6,11H2,1H3;1-4,8,11H,5,10H2,(H,12,13);1-4H;1H/t14-;9-;8-;;/m000../s1. The predicted octanol–water partition coefficient (Wildman–Crippen LogP) is 6.41. The number of halogens is 2. The van der Waals surface area contributed by atoms with Gasteiger partial charge in [0, 0.05) is 6.42 Å². The molecule has 0 saturated heterocycles. The maximum atomic E-state index is 12.0. The number of hydrogen-bond acceptors (Lipinski definition) is 15. The molecule has 9 N–H and O–H groups in total. The summed E-state index contributed by atoms with van der Waals surface area (Å²) in [6, 6.07) is 32.4. The van der Waals surface area contributed by atoms with E-state index in [0.29, 0.717) is 23.9 Å². The molecule has 0 radical (unpaired) electrons. The van der Waals surface area contributed by atoms with Gasteiger partial charge in [0.05, 0.1) is 14.2 Å². The van der Waals surface area contributed by atoms with Gasteiger partial charge in [0.15, 0.2) is 11.2 Å². The number of benzene rings is 5. The highest BCUT2D eigenvalue weighted by Crippen LogP contribution is 2.21. The largest absolute Gasteiger partial charge is 0.508 e. The zero-order valence-corrected chi connectivity index (χ0v) is 34.5. The van der Waals surface area contributed by atoms with Gasteiger partial charge < -0.3 is 55.5 Å². The van der Waals surface area contributed by atoms with Gasteiger partial charge in [-0.2, -0.15) is 9.97 Å². The molecule has 0 amide bonds. The lowest BCUT2D eigenvalue weighted by molar-refractivity contribution is -0.142. The van der Waals surface area contributed by atoms with E-state index in [1.807, 2.05) is 42.5 Å². The van der Waals surface area contributed by atoms with Crippen LogP contribution in [0.25, 0.3) is 22.2 Å². The van der Waals surface area contributed by atoms with Crippen molar-refractivity contribution in [1.29, 1.82) is 0 Å². The maximum absolute atomic E-state index is 12.0. The molecule has 0 fully saturated rings. The van der Waals surface area contributed by atoms with Crippen LogP contribution < -0.4 is 16.8 Å². The monoisotopic (exact) mass is 877 g/mol. The smallest absolute Gasteiger partial charge is 0.328 e. The third-order valence-corrected chi connectivity index (χ3v) is 8.49. The first-order chi connectivity index (χ1) is 28.7. The normalized spacial score (nSPS) is 11.7. The number of oxazole rings is 2. The number of para-hydroxylation sites is 4.